The van der Waals surface area contributed by atoms with Gasteiger partial charge in [0.2, 0.25) is 0 Å². The lowest BCUT2D eigenvalue weighted by Crippen LogP contribution is -2.37. The predicted molar refractivity (Wildman–Crippen MR) is 82.7 cm³/mol. The predicted octanol–water partition coefficient (Wildman–Crippen LogP) is 2.89. The van der Waals surface area contributed by atoms with Crippen molar-refractivity contribution in [1.82, 2.24) is 5.32 Å². The first-order valence-electron chi connectivity index (χ1n) is 7.82. The maximum Gasteiger partial charge on any atom is 0.251 e. The Kier molecular flexibility index (Phi) is 5.60. The van der Waals surface area contributed by atoms with Gasteiger partial charge in [-0.1, -0.05) is 25.5 Å². The molecule has 1 aliphatic rings. The summed E-state index contributed by atoms with van der Waals surface area (Å²) in [6.45, 7) is 2.87. The molecule has 0 aromatic heterocycles. The molecular weight excluding hydrogens is 248 g/mol. The molecule has 1 fully saturated rings. The Labute approximate surface area is 121 Å². The van der Waals surface area contributed by atoms with E-state index in [1.807, 2.05) is 24.3 Å². The van der Waals surface area contributed by atoms with Gasteiger partial charge in [-0.3, -0.25) is 4.79 Å². The molecule has 0 radical (unpaired) electrons. The first kappa shape index (κ1) is 15.0. The Morgan fingerprint density at radius 1 is 1.30 bits per heavy atom. The van der Waals surface area contributed by atoms with Gasteiger partial charge in [0.1, 0.15) is 0 Å². The minimum Gasteiger partial charge on any atom is -0.349 e. The van der Waals surface area contributed by atoms with Crippen molar-refractivity contribution in [2.45, 2.75) is 51.5 Å². The fourth-order valence-electron chi connectivity index (χ4n) is 3.02. The van der Waals surface area contributed by atoms with Crippen molar-refractivity contribution in [3.63, 3.8) is 0 Å². The van der Waals surface area contributed by atoms with E-state index < -0.39 is 0 Å². The largest absolute Gasteiger partial charge is 0.349 e. The third-order valence-electron chi connectivity index (χ3n) is 4.38. The number of nitrogens with one attached hydrogen (secondary N) is 1. The van der Waals surface area contributed by atoms with Gasteiger partial charge in [-0.05, 0) is 62.3 Å². The summed E-state index contributed by atoms with van der Waals surface area (Å²) in [5.74, 6) is 0.917. The Morgan fingerprint density at radius 2 is 2.05 bits per heavy atom. The first-order valence-corrected chi connectivity index (χ1v) is 7.82. The Bertz CT molecular complexity index is 436. The fourth-order valence-corrected chi connectivity index (χ4v) is 3.02. The smallest absolute Gasteiger partial charge is 0.251 e. The lowest BCUT2D eigenvalue weighted by Gasteiger charge is -2.28. The highest BCUT2D eigenvalue weighted by Crippen LogP contribution is 2.26. The normalized spacial score (nSPS) is 22.5. The van der Waals surface area contributed by atoms with Crippen LogP contribution in [0, 0.1) is 5.92 Å². The topological polar surface area (TPSA) is 55.1 Å². The van der Waals surface area contributed by atoms with E-state index in [0.717, 1.165) is 36.3 Å². The van der Waals surface area contributed by atoms with Crippen LogP contribution in [0.25, 0.3) is 0 Å². The van der Waals surface area contributed by atoms with Crippen molar-refractivity contribution < 1.29 is 4.79 Å². The molecule has 0 spiro atoms. The molecular formula is C17H26N2O. The quantitative estimate of drug-likeness (QED) is 0.867. The minimum atomic E-state index is 0.0591. The highest BCUT2D eigenvalue weighted by atomic mass is 16.1. The van der Waals surface area contributed by atoms with E-state index in [0.29, 0.717) is 12.6 Å². The van der Waals surface area contributed by atoms with Crippen molar-refractivity contribution in [2.24, 2.45) is 11.7 Å². The summed E-state index contributed by atoms with van der Waals surface area (Å²) in [4.78, 5) is 12.3. The van der Waals surface area contributed by atoms with Crippen molar-refractivity contribution in [3.05, 3.63) is 35.4 Å². The number of benzene rings is 1. The maximum atomic E-state index is 12.3. The number of hydrogen-bond donors (Lipinski definition) is 2. The van der Waals surface area contributed by atoms with E-state index in [1.165, 1.54) is 19.3 Å². The molecule has 2 rings (SSSR count). The van der Waals surface area contributed by atoms with Gasteiger partial charge in [0, 0.05) is 11.6 Å². The second-order valence-corrected chi connectivity index (χ2v) is 5.84. The summed E-state index contributed by atoms with van der Waals surface area (Å²) < 4.78 is 0. The van der Waals surface area contributed by atoms with Crippen LogP contribution in [0.1, 0.15) is 54.9 Å². The molecule has 1 saturated carbocycles. The third kappa shape index (κ3) is 4.07. The summed E-state index contributed by atoms with van der Waals surface area (Å²) >= 11 is 0. The maximum absolute atomic E-state index is 12.3. The monoisotopic (exact) mass is 274 g/mol. The van der Waals surface area contributed by atoms with Crippen LogP contribution in [0.15, 0.2) is 24.3 Å². The van der Waals surface area contributed by atoms with Crippen LogP contribution in [-0.4, -0.2) is 18.5 Å². The van der Waals surface area contributed by atoms with E-state index in [1.54, 1.807) is 0 Å². The number of hydrogen-bond acceptors (Lipinski definition) is 2. The van der Waals surface area contributed by atoms with Gasteiger partial charge < -0.3 is 11.1 Å². The van der Waals surface area contributed by atoms with Crippen LogP contribution >= 0.6 is 0 Å². The number of rotatable bonds is 5. The van der Waals surface area contributed by atoms with Crippen molar-refractivity contribution >= 4 is 5.91 Å². The molecule has 110 valence electrons. The second kappa shape index (κ2) is 7.44. The second-order valence-electron chi connectivity index (χ2n) is 5.84. The molecule has 20 heavy (non-hydrogen) atoms. The fraction of sp³-hybridized carbons (Fsp3) is 0.588. The minimum absolute atomic E-state index is 0.0591. The number of carbonyl (C=O) groups is 1. The molecule has 0 heterocycles. The van der Waals surface area contributed by atoms with Crippen molar-refractivity contribution in [1.29, 1.82) is 0 Å². The molecule has 0 unspecified atom stereocenters. The van der Waals surface area contributed by atoms with Crippen LogP contribution in [0.5, 0.6) is 0 Å². The molecule has 3 N–H and O–H groups in total. The molecule has 3 heteroatoms. The summed E-state index contributed by atoms with van der Waals surface area (Å²) in [7, 11) is 0. The molecule has 1 aromatic carbocycles. The Hall–Kier alpha value is -1.35. The zero-order valence-corrected chi connectivity index (χ0v) is 12.4. The standard InChI is InChI=1S/C17H26N2O/c1-2-13-6-8-16(9-7-13)19-17(20)15-5-3-4-14(12-15)10-11-18/h3-5,12-13,16H,2,6-11,18H2,1H3,(H,19,20). The van der Waals surface area contributed by atoms with Gasteiger partial charge in [0.25, 0.3) is 5.91 Å². The number of carbonyl (C=O) groups excluding carboxylic acids is 1. The first-order chi connectivity index (χ1) is 9.72. The molecule has 0 bridgehead atoms. The number of nitrogens with two attached hydrogens (primary N) is 1. The molecule has 1 aliphatic carbocycles. The zero-order valence-electron chi connectivity index (χ0n) is 12.4. The third-order valence-corrected chi connectivity index (χ3v) is 4.38. The van der Waals surface area contributed by atoms with Gasteiger partial charge in [-0.25, -0.2) is 0 Å². The van der Waals surface area contributed by atoms with Crippen LogP contribution in [-0.2, 0) is 6.42 Å². The SMILES string of the molecule is CCC1CCC(NC(=O)c2cccc(CCN)c2)CC1. The van der Waals surface area contributed by atoms with E-state index in [2.05, 4.69) is 12.2 Å². The highest BCUT2D eigenvalue weighted by Gasteiger charge is 2.21. The molecule has 0 atom stereocenters. The lowest BCUT2D eigenvalue weighted by molar-refractivity contribution is 0.0921. The summed E-state index contributed by atoms with van der Waals surface area (Å²) in [6, 6.07) is 8.15. The van der Waals surface area contributed by atoms with Crippen LogP contribution in [0.4, 0.5) is 0 Å². The van der Waals surface area contributed by atoms with E-state index in [-0.39, 0.29) is 5.91 Å². The van der Waals surface area contributed by atoms with Crippen molar-refractivity contribution in [2.75, 3.05) is 6.54 Å². The van der Waals surface area contributed by atoms with Gasteiger partial charge >= 0.3 is 0 Å². The van der Waals surface area contributed by atoms with Gasteiger partial charge in [-0.15, -0.1) is 0 Å². The van der Waals surface area contributed by atoms with Crippen LogP contribution in [0.3, 0.4) is 0 Å². The van der Waals surface area contributed by atoms with E-state index in [9.17, 15) is 4.79 Å². The average molecular weight is 274 g/mol. The molecule has 1 aromatic rings. The molecule has 0 aliphatic heterocycles. The summed E-state index contributed by atoms with van der Waals surface area (Å²) in [6.07, 6.45) is 6.81. The average Bonchev–Trinajstić information content (AvgIpc) is 2.48. The van der Waals surface area contributed by atoms with E-state index >= 15 is 0 Å². The van der Waals surface area contributed by atoms with E-state index in [4.69, 9.17) is 5.73 Å². The lowest BCUT2D eigenvalue weighted by atomic mass is 9.84. The van der Waals surface area contributed by atoms with Crippen LogP contribution in [0.2, 0.25) is 0 Å². The zero-order chi connectivity index (χ0) is 14.4. The molecule has 1 amide bonds. The molecule has 3 nitrogen and oxygen atoms in total. The Balaban J connectivity index is 1.90. The summed E-state index contributed by atoms with van der Waals surface area (Å²) in [5, 5.41) is 3.18. The summed E-state index contributed by atoms with van der Waals surface area (Å²) in [5.41, 5.74) is 7.45. The Morgan fingerprint density at radius 3 is 2.70 bits per heavy atom. The molecule has 0 saturated heterocycles. The van der Waals surface area contributed by atoms with Gasteiger partial charge in [0.15, 0.2) is 0 Å². The highest BCUT2D eigenvalue weighted by molar-refractivity contribution is 5.94. The van der Waals surface area contributed by atoms with Gasteiger partial charge in [-0.2, -0.15) is 0 Å². The number of amides is 1. The van der Waals surface area contributed by atoms with Gasteiger partial charge in [0.05, 0.1) is 0 Å². The van der Waals surface area contributed by atoms with Crippen LogP contribution < -0.4 is 11.1 Å². The van der Waals surface area contributed by atoms with Crippen molar-refractivity contribution in [3.8, 4) is 0 Å².